The topological polar surface area (TPSA) is 41.1 Å². The van der Waals surface area contributed by atoms with Crippen molar-refractivity contribution in [2.24, 2.45) is 5.92 Å². The van der Waals surface area contributed by atoms with Crippen molar-refractivity contribution in [1.82, 2.24) is 10.6 Å². The highest BCUT2D eigenvalue weighted by molar-refractivity contribution is 5.78. The number of hydrogen-bond acceptors (Lipinski definition) is 2. The van der Waals surface area contributed by atoms with Gasteiger partial charge < -0.3 is 10.6 Å². The third-order valence-electron chi connectivity index (χ3n) is 3.72. The molecule has 0 spiro atoms. The Labute approximate surface area is 115 Å². The van der Waals surface area contributed by atoms with Crippen LogP contribution >= 0.6 is 0 Å². The van der Waals surface area contributed by atoms with Gasteiger partial charge in [-0.15, -0.1) is 0 Å². The van der Waals surface area contributed by atoms with Crippen LogP contribution in [0.3, 0.4) is 0 Å². The molecule has 1 aromatic rings. The molecule has 1 aromatic carbocycles. The van der Waals surface area contributed by atoms with Crippen molar-refractivity contribution in [3.8, 4) is 0 Å². The van der Waals surface area contributed by atoms with E-state index in [1.54, 1.807) is 0 Å². The lowest BCUT2D eigenvalue weighted by atomic mass is 9.96. The maximum atomic E-state index is 11.7. The van der Waals surface area contributed by atoms with E-state index in [4.69, 9.17) is 0 Å². The van der Waals surface area contributed by atoms with Gasteiger partial charge in [0.2, 0.25) is 5.91 Å². The van der Waals surface area contributed by atoms with Gasteiger partial charge in [0.25, 0.3) is 0 Å². The fourth-order valence-electron chi connectivity index (χ4n) is 2.23. The lowest BCUT2D eigenvalue weighted by molar-refractivity contribution is -0.120. The monoisotopic (exact) mass is 260 g/mol. The predicted molar refractivity (Wildman–Crippen MR) is 78.1 cm³/mol. The van der Waals surface area contributed by atoms with Crippen molar-refractivity contribution in [1.29, 1.82) is 0 Å². The van der Waals surface area contributed by atoms with E-state index in [1.807, 2.05) is 6.07 Å². The van der Waals surface area contributed by atoms with Gasteiger partial charge in [-0.1, -0.05) is 37.3 Å². The quantitative estimate of drug-likeness (QED) is 0.753. The van der Waals surface area contributed by atoms with E-state index in [0.29, 0.717) is 12.5 Å². The summed E-state index contributed by atoms with van der Waals surface area (Å²) in [5, 5.41) is 6.24. The minimum Gasteiger partial charge on any atom is -0.354 e. The Hall–Kier alpha value is -1.35. The van der Waals surface area contributed by atoms with Crippen molar-refractivity contribution >= 4 is 5.91 Å². The molecule has 1 amide bonds. The number of benzene rings is 1. The zero-order valence-corrected chi connectivity index (χ0v) is 11.7. The summed E-state index contributed by atoms with van der Waals surface area (Å²) in [6.07, 6.45) is 3.68. The van der Waals surface area contributed by atoms with Gasteiger partial charge in [0.05, 0.1) is 6.54 Å². The first kappa shape index (κ1) is 14.1. The first-order chi connectivity index (χ1) is 9.29. The lowest BCUT2D eigenvalue weighted by Gasteiger charge is -2.16. The Morgan fingerprint density at radius 2 is 2.05 bits per heavy atom. The molecule has 2 N–H and O–H groups in total. The summed E-state index contributed by atoms with van der Waals surface area (Å²) >= 11 is 0. The van der Waals surface area contributed by atoms with E-state index in [2.05, 4.69) is 41.8 Å². The molecule has 1 atom stereocenters. The number of carbonyl (C=O) groups excluding carboxylic acids is 1. The van der Waals surface area contributed by atoms with E-state index in [-0.39, 0.29) is 5.91 Å². The van der Waals surface area contributed by atoms with Crippen LogP contribution in [-0.4, -0.2) is 25.5 Å². The Morgan fingerprint density at radius 1 is 1.32 bits per heavy atom. The van der Waals surface area contributed by atoms with Gasteiger partial charge >= 0.3 is 0 Å². The molecular weight excluding hydrogens is 236 g/mol. The molecule has 1 fully saturated rings. The fraction of sp³-hybridized carbons (Fsp3) is 0.562. The second-order valence-electron chi connectivity index (χ2n) is 5.39. The maximum absolute atomic E-state index is 11.7. The van der Waals surface area contributed by atoms with Crippen LogP contribution in [0.4, 0.5) is 0 Å². The summed E-state index contributed by atoms with van der Waals surface area (Å²) in [4.78, 5) is 11.7. The van der Waals surface area contributed by atoms with Gasteiger partial charge in [-0.2, -0.15) is 0 Å². The first-order valence-corrected chi connectivity index (χ1v) is 7.32. The molecule has 19 heavy (non-hydrogen) atoms. The number of amides is 1. The number of rotatable bonds is 8. The standard InChI is InChI=1S/C16H24N2O/c1-2-14(15-6-4-3-5-7-15)11-18-16(19)12-17-10-13-8-9-13/h3-7,13-14,17H,2,8-12H2,1H3,(H,18,19). The smallest absolute Gasteiger partial charge is 0.233 e. The zero-order chi connectivity index (χ0) is 13.5. The molecule has 1 aliphatic carbocycles. The summed E-state index contributed by atoms with van der Waals surface area (Å²) in [5.74, 6) is 1.34. The van der Waals surface area contributed by atoms with Crippen LogP contribution in [0, 0.1) is 5.92 Å². The van der Waals surface area contributed by atoms with Crippen LogP contribution < -0.4 is 10.6 Å². The van der Waals surface area contributed by atoms with E-state index in [1.165, 1.54) is 18.4 Å². The van der Waals surface area contributed by atoms with Crippen LogP contribution in [0.25, 0.3) is 0 Å². The third kappa shape index (κ3) is 5.03. The van der Waals surface area contributed by atoms with E-state index < -0.39 is 0 Å². The summed E-state index contributed by atoms with van der Waals surface area (Å²) in [5.41, 5.74) is 1.30. The van der Waals surface area contributed by atoms with Crippen LogP contribution in [0.1, 0.15) is 37.7 Å². The largest absolute Gasteiger partial charge is 0.354 e. The molecule has 3 heteroatoms. The summed E-state index contributed by atoms with van der Waals surface area (Å²) in [7, 11) is 0. The Morgan fingerprint density at radius 3 is 2.68 bits per heavy atom. The Balaban J connectivity index is 1.68. The van der Waals surface area contributed by atoms with Gasteiger partial charge in [-0.25, -0.2) is 0 Å². The maximum Gasteiger partial charge on any atom is 0.233 e. The SMILES string of the molecule is CCC(CNC(=O)CNCC1CC1)c1ccccc1. The fourth-order valence-corrected chi connectivity index (χ4v) is 2.23. The Kier molecular flexibility index (Phi) is 5.40. The van der Waals surface area contributed by atoms with Gasteiger partial charge in [0.15, 0.2) is 0 Å². The molecule has 0 heterocycles. The molecule has 0 bridgehead atoms. The minimum absolute atomic E-state index is 0.107. The van der Waals surface area contributed by atoms with Gasteiger partial charge in [0.1, 0.15) is 0 Å². The number of hydrogen-bond donors (Lipinski definition) is 2. The van der Waals surface area contributed by atoms with E-state index in [0.717, 1.165) is 25.4 Å². The second-order valence-corrected chi connectivity index (χ2v) is 5.39. The molecule has 104 valence electrons. The summed E-state index contributed by atoms with van der Waals surface area (Å²) < 4.78 is 0. The first-order valence-electron chi connectivity index (χ1n) is 7.32. The molecule has 3 nitrogen and oxygen atoms in total. The second kappa shape index (κ2) is 7.29. The average molecular weight is 260 g/mol. The van der Waals surface area contributed by atoms with Crippen molar-refractivity contribution in [2.75, 3.05) is 19.6 Å². The molecule has 0 saturated heterocycles. The molecule has 2 rings (SSSR count). The van der Waals surface area contributed by atoms with Gasteiger partial charge in [-0.3, -0.25) is 4.79 Å². The van der Waals surface area contributed by atoms with Crippen molar-refractivity contribution < 1.29 is 4.79 Å². The summed E-state index contributed by atoms with van der Waals surface area (Å²) in [6, 6.07) is 10.4. The normalized spacial score (nSPS) is 16.1. The predicted octanol–water partition coefficient (Wildman–Crippen LogP) is 2.30. The van der Waals surface area contributed by atoms with Crippen LogP contribution in [0.5, 0.6) is 0 Å². The summed E-state index contributed by atoms with van der Waals surface area (Å²) in [6.45, 7) is 4.32. The number of nitrogens with one attached hydrogen (secondary N) is 2. The highest BCUT2D eigenvalue weighted by atomic mass is 16.1. The minimum atomic E-state index is 0.107. The average Bonchev–Trinajstić information content (AvgIpc) is 3.25. The van der Waals surface area contributed by atoms with Gasteiger partial charge in [-0.05, 0) is 37.3 Å². The van der Waals surface area contributed by atoms with Crippen LogP contribution in [0.2, 0.25) is 0 Å². The molecule has 1 unspecified atom stereocenters. The molecule has 0 aromatic heterocycles. The molecule has 0 radical (unpaired) electrons. The highest BCUT2D eigenvalue weighted by Crippen LogP contribution is 2.27. The van der Waals surface area contributed by atoms with Crippen molar-refractivity contribution in [3.63, 3.8) is 0 Å². The molecular formula is C16H24N2O. The van der Waals surface area contributed by atoms with Crippen molar-refractivity contribution in [3.05, 3.63) is 35.9 Å². The number of carbonyl (C=O) groups is 1. The molecule has 1 aliphatic rings. The van der Waals surface area contributed by atoms with E-state index >= 15 is 0 Å². The molecule has 1 saturated carbocycles. The third-order valence-corrected chi connectivity index (χ3v) is 3.72. The highest BCUT2D eigenvalue weighted by Gasteiger charge is 2.20. The van der Waals surface area contributed by atoms with Crippen molar-refractivity contribution in [2.45, 2.75) is 32.1 Å². The van der Waals surface area contributed by atoms with Crippen LogP contribution in [-0.2, 0) is 4.79 Å². The molecule has 0 aliphatic heterocycles. The van der Waals surface area contributed by atoms with E-state index in [9.17, 15) is 4.79 Å². The van der Waals surface area contributed by atoms with Crippen LogP contribution in [0.15, 0.2) is 30.3 Å². The van der Waals surface area contributed by atoms with Gasteiger partial charge in [0, 0.05) is 12.5 Å². The zero-order valence-electron chi connectivity index (χ0n) is 11.7. The lowest BCUT2D eigenvalue weighted by Crippen LogP contribution is -2.36. The Bertz CT molecular complexity index is 387.